The second-order valence-electron chi connectivity index (χ2n) is 4.91. The van der Waals surface area contributed by atoms with Crippen LogP contribution in [0.5, 0.6) is 0 Å². The third-order valence-electron chi connectivity index (χ3n) is 3.49. The standard InChI is InChI=1S/C14H17N3O/c1-10-7-8-15-13(10)14-16-12(17-18-14)9-11-5-3-2-4-6-11/h2-6,10,13,15H,7-9H2,1H3. The molecule has 1 aliphatic rings. The number of nitrogens with one attached hydrogen (secondary N) is 1. The minimum atomic E-state index is 0.224. The molecule has 0 amide bonds. The molecule has 0 radical (unpaired) electrons. The fourth-order valence-electron chi connectivity index (χ4n) is 2.41. The van der Waals surface area contributed by atoms with E-state index in [1.165, 1.54) is 12.0 Å². The third kappa shape index (κ3) is 2.29. The van der Waals surface area contributed by atoms with Gasteiger partial charge in [0.25, 0.3) is 0 Å². The third-order valence-corrected chi connectivity index (χ3v) is 3.49. The molecule has 2 aromatic rings. The van der Waals surface area contributed by atoms with E-state index in [4.69, 9.17) is 4.52 Å². The second kappa shape index (κ2) is 4.90. The molecule has 1 fully saturated rings. The van der Waals surface area contributed by atoms with Gasteiger partial charge in [-0.2, -0.15) is 4.98 Å². The van der Waals surface area contributed by atoms with Gasteiger partial charge in [0.1, 0.15) is 0 Å². The van der Waals surface area contributed by atoms with Gasteiger partial charge in [-0.1, -0.05) is 42.4 Å². The van der Waals surface area contributed by atoms with Gasteiger partial charge in [-0.15, -0.1) is 0 Å². The Kier molecular flexibility index (Phi) is 3.11. The van der Waals surface area contributed by atoms with Gasteiger partial charge in [-0.3, -0.25) is 0 Å². The molecule has 4 heteroatoms. The van der Waals surface area contributed by atoms with Gasteiger partial charge in [-0.25, -0.2) is 0 Å². The van der Waals surface area contributed by atoms with Crippen LogP contribution in [-0.4, -0.2) is 16.7 Å². The summed E-state index contributed by atoms with van der Waals surface area (Å²) in [4.78, 5) is 4.50. The monoisotopic (exact) mass is 243 g/mol. The quantitative estimate of drug-likeness (QED) is 0.899. The molecule has 2 atom stereocenters. The maximum absolute atomic E-state index is 5.37. The zero-order valence-electron chi connectivity index (χ0n) is 10.5. The number of rotatable bonds is 3. The van der Waals surface area contributed by atoms with Crippen LogP contribution in [0.2, 0.25) is 0 Å². The van der Waals surface area contributed by atoms with Gasteiger partial charge in [0, 0.05) is 6.42 Å². The molecule has 1 saturated heterocycles. The summed E-state index contributed by atoms with van der Waals surface area (Å²) in [5.41, 5.74) is 1.21. The van der Waals surface area contributed by atoms with Crippen molar-refractivity contribution in [3.8, 4) is 0 Å². The first-order chi connectivity index (χ1) is 8.83. The Morgan fingerprint density at radius 3 is 2.89 bits per heavy atom. The first kappa shape index (κ1) is 11.4. The van der Waals surface area contributed by atoms with E-state index in [2.05, 4.69) is 34.5 Å². The zero-order valence-corrected chi connectivity index (χ0v) is 10.5. The highest BCUT2D eigenvalue weighted by Crippen LogP contribution is 2.27. The molecule has 94 valence electrons. The van der Waals surface area contributed by atoms with Gasteiger partial charge in [-0.05, 0) is 24.4 Å². The van der Waals surface area contributed by atoms with E-state index < -0.39 is 0 Å². The van der Waals surface area contributed by atoms with E-state index in [0.29, 0.717) is 5.92 Å². The van der Waals surface area contributed by atoms with Crippen molar-refractivity contribution in [1.29, 1.82) is 0 Å². The number of nitrogens with zero attached hydrogens (tertiary/aromatic N) is 2. The molecule has 1 aliphatic heterocycles. The smallest absolute Gasteiger partial charge is 0.244 e. The Morgan fingerprint density at radius 2 is 2.17 bits per heavy atom. The van der Waals surface area contributed by atoms with Gasteiger partial charge in [0.05, 0.1) is 6.04 Å². The summed E-state index contributed by atoms with van der Waals surface area (Å²) in [5, 5.41) is 7.47. The number of hydrogen-bond acceptors (Lipinski definition) is 4. The Morgan fingerprint density at radius 1 is 1.33 bits per heavy atom. The lowest BCUT2D eigenvalue weighted by Crippen LogP contribution is -2.16. The van der Waals surface area contributed by atoms with E-state index in [-0.39, 0.29) is 6.04 Å². The van der Waals surface area contributed by atoms with Gasteiger partial charge in [0.2, 0.25) is 5.89 Å². The minimum absolute atomic E-state index is 0.224. The average Bonchev–Trinajstić information content (AvgIpc) is 2.99. The molecule has 1 aromatic heterocycles. The predicted octanol–water partition coefficient (Wildman–Crippen LogP) is 2.33. The molecule has 2 heterocycles. The maximum atomic E-state index is 5.37. The lowest BCUT2D eigenvalue weighted by Gasteiger charge is -2.09. The van der Waals surface area contributed by atoms with E-state index in [1.54, 1.807) is 0 Å². The van der Waals surface area contributed by atoms with Crippen molar-refractivity contribution >= 4 is 0 Å². The highest BCUT2D eigenvalue weighted by molar-refractivity contribution is 5.18. The number of aromatic nitrogens is 2. The van der Waals surface area contributed by atoms with Crippen molar-refractivity contribution in [2.75, 3.05) is 6.54 Å². The molecule has 4 nitrogen and oxygen atoms in total. The first-order valence-corrected chi connectivity index (χ1v) is 6.43. The summed E-state index contributed by atoms with van der Waals surface area (Å²) in [5.74, 6) is 2.05. The normalized spacial score (nSPS) is 23.4. The van der Waals surface area contributed by atoms with Gasteiger partial charge in [0.15, 0.2) is 5.82 Å². The van der Waals surface area contributed by atoms with Crippen molar-refractivity contribution in [3.05, 3.63) is 47.6 Å². The van der Waals surface area contributed by atoms with Crippen LogP contribution >= 0.6 is 0 Å². The van der Waals surface area contributed by atoms with Crippen molar-refractivity contribution in [1.82, 2.24) is 15.5 Å². The predicted molar refractivity (Wildman–Crippen MR) is 68.1 cm³/mol. The topological polar surface area (TPSA) is 51.0 Å². The maximum Gasteiger partial charge on any atom is 0.244 e. The van der Waals surface area contributed by atoms with Crippen molar-refractivity contribution < 1.29 is 4.52 Å². The molecule has 1 N–H and O–H groups in total. The van der Waals surface area contributed by atoms with Crippen LogP contribution in [-0.2, 0) is 6.42 Å². The highest BCUT2D eigenvalue weighted by atomic mass is 16.5. The summed E-state index contributed by atoms with van der Waals surface area (Å²) < 4.78 is 5.37. The fourth-order valence-corrected chi connectivity index (χ4v) is 2.41. The van der Waals surface area contributed by atoms with Crippen LogP contribution in [0.3, 0.4) is 0 Å². The molecule has 0 bridgehead atoms. The average molecular weight is 243 g/mol. The van der Waals surface area contributed by atoms with Crippen LogP contribution in [0.25, 0.3) is 0 Å². The highest BCUT2D eigenvalue weighted by Gasteiger charge is 2.29. The first-order valence-electron chi connectivity index (χ1n) is 6.43. The van der Waals surface area contributed by atoms with E-state index >= 15 is 0 Å². The van der Waals surface area contributed by atoms with E-state index in [0.717, 1.165) is 24.7 Å². The van der Waals surface area contributed by atoms with E-state index in [1.807, 2.05) is 18.2 Å². The van der Waals surface area contributed by atoms with Crippen LogP contribution < -0.4 is 5.32 Å². The Hall–Kier alpha value is -1.68. The van der Waals surface area contributed by atoms with Crippen LogP contribution in [0, 0.1) is 5.92 Å². The minimum Gasteiger partial charge on any atom is -0.338 e. The van der Waals surface area contributed by atoms with Crippen LogP contribution in [0.1, 0.15) is 36.7 Å². The Balaban J connectivity index is 1.74. The lowest BCUT2D eigenvalue weighted by atomic mass is 10.0. The van der Waals surface area contributed by atoms with Crippen molar-refractivity contribution in [3.63, 3.8) is 0 Å². The molecule has 0 saturated carbocycles. The molecule has 2 unspecified atom stereocenters. The fraction of sp³-hybridized carbons (Fsp3) is 0.429. The summed E-state index contributed by atoms with van der Waals surface area (Å²) >= 11 is 0. The number of hydrogen-bond donors (Lipinski definition) is 1. The molecule has 0 spiro atoms. The summed E-state index contributed by atoms with van der Waals surface area (Å²) in [6, 6.07) is 10.4. The summed E-state index contributed by atoms with van der Waals surface area (Å²) in [6.07, 6.45) is 1.90. The molecule has 18 heavy (non-hydrogen) atoms. The molecular weight excluding hydrogens is 226 g/mol. The molecule has 3 rings (SSSR count). The van der Waals surface area contributed by atoms with Crippen molar-refractivity contribution in [2.45, 2.75) is 25.8 Å². The zero-order chi connectivity index (χ0) is 12.4. The van der Waals surface area contributed by atoms with E-state index in [9.17, 15) is 0 Å². The Labute approximate surface area is 106 Å². The largest absolute Gasteiger partial charge is 0.338 e. The van der Waals surface area contributed by atoms with Gasteiger partial charge >= 0.3 is 0 Å². The lowest BCUT2D eigenvalue weighted by molar-refractivity contribution is 0.317. The SMILES string of the molecule is CC1CCNC1c1nc(Cc2ccccc2)no1. The Bertz CT molecular complexity index is 509. The molecule has 0 aliphatic carbocycles. The molecular formula is C14H17N3O. The number of benzene rings is 1. The van der Waals surface area contributed by atoms with Crippen LogP contribution in [0.15, 0.2) is 34.9 Å². The molecule has 1 aromatic carbocycles. The van der Waals surface area contributed by atoms with Crippen molar-refractivity contribution in [2.24, 2.45) is 5.92 Å². The van der Waals surface area contributed by atoms with Gasteiger partial charge < -0.3 is 9.84 Å². The second-order valence-corrected chi connectivity index (χ2v) is 4.91. The summed E-state index contributed by atoms with van der Waals surface area (Å²) in [7, 11) is 0. The van der Waals surface area contributed by atoms with Crippen LogP contribution in [0.4, 0.5) is 0 Å². The summed E-state index contributed by atoms with van der Waals surface area (Å²) in [6.45, 7) is 3.24.